The van der Waals surface area contributed by atoms with Crippen molar-refractivity contribution in [3.63, 3.8) is 0 Å². The Morgan fingerprint density at radius 1 is 1.21 bits per heavy atom. The lowest BCUT2D eigenvalue weighted by Crippen LogP contribution is -2.47. The maximum atomic E-state index is 13.7. The summed E-state index contributed by atoms with van der Waals surface area (Å²) in [6.45, 7) is 0.473. The SMILES string of the molecule is CN(C)c1ccc(-c2cccc(OCC3CN(S(=O)(=O)c4c(C(N)=O)[nH]c5ccc(Cl)cc45)CCO3)c2)cn1. The Labute approximate surface area is 231 Å². The van der Waals surface area contributed by atoms with Gasteiger partial charge in [0.25, 0.3) is 5.91 Å². The minimum Gasteiger partial charge on any atom is -0.491 e. The zero-order valence-electron chi connectivity index (χ0n) is 21.4. The van der Waals surface area contributed by atoms with Crippen LogP contribution in [0.5, 0.6) is 5.75 Å². The van der Waals surface area contributed by atoms with Crippen LogP contribution in [0.1, 0.15) is 10.5 Å². The number of halogens is 1. The molecule has 0 radical (unpaired) electrons. The van der Waals surface area contributed by atoms with Crippen LogP contribution in [0.2, 0.25) is 5.02 Å². The summed E-state index contributed by atoms with van der Waals surface area (Å²) in [5.74, 6) is 0.606. The second-order valence-corrected chi connectivity index (χ2v) is 11.7. The molecule has 1 saturated heterocycles. The number of benzene rings is 2. The van der Waals surface area contributed by atoms with E-state index in [4.69, 9.17) is 26.8 Å². The molecule has 3 heterocycles. The molecule has 0 spiro atoms. The minimum absolute atomic E-state index is 0.0450. The molecule has 5 rings (SSSR count). The number of primary amides is 1. The van der Waals surface area contributed by atoms with Crippen LogP contribution in [0.3, 0.4) is 0 Å². The number of ether oxygens (including phenoxy) is 2. The fourth-order valence-electron chi connectivity index (χ4n) is 4.50. The first kappa shape index (κ1) is 26.9. The zero-order chi connectivity index (χ0) is 27.7. The quantitative estimate of drug-likeness (QED) is 0.332. The van der Waals surface area contributed by atoms with Gasteiger partial charge in [0.1, 0.15) is 34.9 Å². The number of rotatable bonds is 8. The predicted molar refractivity (Wildman–Crippen MR) is 150 cm³/mol. The molecule has 204 valence electrons. The highest BCUT2D eigenvalue weighted by Gasteiger charge is 2.36. The second kappa shape index (κ2) is 10.9. The zero-order valence-corrected chi connectivity index (χ0v) is 23.0. The van der Waals surface area contributed by atoms with Gasteiger partial charge in [0.2, 0.25) is 10.0 Å². The number of amides is 1. The molecule has 10 nitrogen and oxygen atoms in total. The lowest BCUT2D eigenvalue weighted by atomic mass is 10.1. The van der Waals surface area contributed by atoms with E-state index in [1.54, 1.807) is 18.3 Å². The smallest absolute Gasteiger partial charge is 0.266 e. The normalized spacial score (nSPS) is 16.3. The maximum absolute atomic E-state index is 13.7. The summed E-state index contributed by atoms with van der Waals surface area (Å²) in [5, 5.41) is 0.648. The highest BCUT2D eigenvalue weighted by atomic mass is 35.5. The number of pyridine rings is 1. The number of sulfonamides is 1. The first-order valence-corrected chi connectivity index (χ1v) is 14.0. The van der Waals surface area contributed by atoms with Crippen LogP contribution >= 0.6 is 11.6 Å². The monoisotopic (exact) mass is 569 g/mol. The topological polar surface area (TPSA) is 131 Å². The molecule has 1 unspecified atom stereocenters. The van der Waals surface area contributed by atoms with Crippen LogP contribution in [0, 0.1) is 0 Å². The van der Waals surface area contributed by atoms with Crippen molar-refractivity contribution in [1.82, 2.24) is 14.3 Å². The molecule has 1 aliphatic rings. The van der Waals surface area contributed by atoms with Gasteiger partial charge in [-0.05, 0) is 48.0 Å². The van der Waals surface area contributed by atoms with Gasteiger partial charge in [-0.1, -0.05) is 23.7 Å². The summed E-state index contributed by atoms with van der Waals surface area (Å²) in [6, 6.07) is 16.2. The Hall–Kier alpha value is -3.64. The summed E-state index contributed by atoms with van der Waals surface area (Å²) in [7, 11) is -0.242. The Morgan fingerprint density at radius 2 is 2.03 bits per heavy atom. The van der Waals surface area contributed by atoms with Gasteiger partial charge >= 0.3 is 0 Å². The van der Waals surface area contributed by atoms with Gasteiger partial charge in [0.05, 0.1) is 6.61 Å². The number of carbonyl (C=O) groups is 1. The van der Waals surface area contributed by atoms with Crippen LogP contribution in [0.15, 0.2) is 65.7 Å². The number of aromatic amines is 1. The number of fused-ring (bicyclic) bond motifs is 1. The van der Waals surface area contributed by atoms with Crippen LogP contribution in [-0.4, -0.2) is 75.1 Å². The summed E-state index contributed by atoms with van der Waals surface area (Å²) in [6.07, 6.45) is 1.28. The largest absolute Gasteiger partial charge is 0.491 e. The van der Waals surface area contributed by atoms with E-state index in [0.717, 1.165) is 16.9 Å². The molecule has 0 saturated carbocycles. The number of hydrogen-bond acceptors (Lipinski definition) is 7. The average Bonchev–Trinajstić information content (AvgIpc) is 3.32. The molecule has 1 fully saturated rings. The fraction of sp³-hybridized carbons (Fsp3) is 0.259. The first-order valence-electron chi connectivity index (χ1n) is 12.2. The van der Waals surface area contributed by atoms with E-state index in [1.807, 2.05) is 55.4 Å². The van der Waals surface area contributed by atoms with Crippen LogP contribution in [0.4, 0.5) is 5.82 Å². The number of nitrogens with one attached hydrogen (secondary N) is 1. The minimum atomic E-state index is -4.11. The van der Waals surface area contributed by atoms with E-state index in [1.165, 1.54) is 10.4 Å². The number of aromatic nitrogens is 2. The number of morpholine rings is 1. The van der Waals surface area contributed by atoms with Gasteiger partial charge < -0.3 is 25.1 Å². The third-order valence-corrected chi connectivity index (χ3v) is 8.65. The van der Waals surface area contributed by atoms with Crippen LogP contribution in [-0.2, 0) is 14.8 Å². The van der Waals surface area contributed by atoms with Crippen molar-refractivity contribution in [1.29, 1.82) is 0 Å². The number of carbonyl (C=O) groups excluding carboxylic acids is 1. The van der Waals surface area contributed by atoms with Crippen molar-refractivity contribution < 1.29 is 22.7 Å². The Balaban J connectivity index is 1.32. The standard InChI is InChI=1S/C27H28ClN5O5S/c1-32(2)24-9-6-18(14-30-24)17-4-3-5-20(12-17)38-16-21-15-33(10-11-37-21)39(35,36)26-22-13-19(28)7-8-23(22)31-25(26)27(29)34/h3-9,12-14,21,31H,10-11,15-16H2,1-2H3,(H2,29,34). The molecular weight excluding hydrogens is 542 g/mol. The molecule has 12 heteroatoms. The van der Waals surface area contributed by atoms with E-state index in [9.17, 15) is 13.2 Å². The van der Waals surface area contributed by atoms with E-state index < -0.39 is 22.0 Å². The van der Waals surface area contributed by atoms with E-state index in [2.05, 4.69) is 9.97 Å². The average molecular weight is 570 g/mol. The number of hydrogen-bond donors (Lipinski definition) is 2. The maximum Gasteiger partial charge on any atom is 0.266 e. The highest BCUT2D eigenvalue weighted by molar-refractivity contribution is 7.89. The molecular formula is C27H28ClN5O5S. The van der Waals surface area contributed by atoms with Crippen molar-refractivity contribution in [3.05, 3.63) is 71.5 Å². The number of nitrogens with two attached hydrogens (primary N) is 1. The fourth-order valence-corrected chi connectivity index (χ4v) is 6.46. The molecule has 4 aromatic rings. The summed E-state index contributed by atoms with van der Waals surface area (Å²) < 4.78 is 40.6. The first-order chi connectivity index (χ1) is 18.6. The molecule has 3 N–H and O–H groups in total. The lowest BCUT2D eigenvalue weighted by molar-refractivity contribution is -0.0249. The molecule has 2 aromatic carbocycles. The molecule has 1 aliphatic heterocycles. The third kappa shape index (κ3) is 5.57. The van der Waals surface area contributed by atoms with E-state index >= 15 is 0 Å². The van der Waals surface area contributed by atoms with Gasteiger partial charge in [0.15, 0.2) is 0 Å². The lowest BCUT2D eigenvalue weighted by Gasteiger charge is -2.32. The molecule has 1 amide bonds. The van der Waals surface area contributed by atoms with Gasteiger partial charge in [-0.15, -0.1) is 0 Å². The Morgan fingerprint density at radius 3 is 2.74 bits per heavy atom. The number of H-pyrrole nitrogens is 1. The van der Waals surface area contributed by atoms with Crippen molar-refractivity contribution in [2.75, 3.05) is 45.3 Å². The van der Waals surface area contributed by atoms with Crippen molar-refractivity contribution in [2.45, 2.75) is 11.0 Å². The van der Waals surface area contributed by atoms with E-state index in [-0.39, 0.29) is 36.9 Å². The van der Waals surface area contributed by atoms with Gasteiger partial charge in [-0.2, -0.15) is 4.31 Å². The molecule has 2 aromatic heterocycles. The van der Waals surface area contributed by atoms with Crippen LogP contribution < -0.4 is 15.4 Å². The predicted octanol–water partition coefficient (Wildman–Crippen LogP) is 3.52. The van der Waals surface area contributed by atoms with Crippen molar-refractivity contribution in [2.24, 2.45) is 5.73 Å². The van der Waals surface area contributed by atoms with Crippen LogP contribution in [0.25, 0.3) is 22.0 Å². The Kier molecular flexibility index (Phi) is 7.50. The molecule has 0 aliphatic carbocycles. The number of nitrogens with zero attached hydrogens (tertiary/aromatic N) is 3. The summed E-state index contributed by atoms with van der Waals surface area (Å²) in [5.41, 5.74) is 7.67. The molecule has 0 bridgehead atoms. The van der Waals surface area contributed by atoms with Crippen molar-refractivity contribution >= 4 is 44.3 Å². The Bertz CT molecular complexity index is 1620. The number of anilines is 1. The summed E-state index contributed by atoms with van der Waals surface area (Å²) in [4.78, 5) is 21.2. The molecule has 39 heavy (non-hydrogen) atoms. The third-order valence-electron chi connectivity index (χ3n) is 6.47. The van der Waals surface area contributed by atoms with Gasteiger partial charge in [-0.25, -0.2) is 13.4 Å². The van der Waals surface area contributed by atoms with Gasteiger partial charge in [-0.3, -0.25) is 4.79 Å². The summed E-state index contributed by atoms with van der Waals surface area (Å²) >= 11 is 6.13. The second-order valence-electron chi connectivity index (χ2n) is 9.38. The molecule has 1 atom stereocenters. The van der Waals surface area contributed by atoms with E-state index in [0.29, 0.717) is 21.7 Å². The van der Waals surface area contributed by atoms with Crippen molar-refractivity contribution in [3.8, 4) is 16.9 Å². The highest BCUT2D eigenvalue weighted by Crippen LogP contribution is 2.32. The van der Waals surface area contributed by atoms with Gasteiger partial charge in [0, 0.05) is 54.9 Å².